The third-order valence-corrected chi connectivity index (χ3v) is 5.00. The second-order valence-electron chi connectivity index (χ2n) is 7.06. The Morgan fingerprint density at radius 1 is 1.25 bits per heavy atom. The molecule has 0 spiro atoms. The van der Waals surface area contributed by atoms with E-state index in [1.54, 1.807) is 0 Å². The summed E-state index contributed by atoms with van der Waals surface area (Å²) in [6.07, 6.45) is 3.71. The fraction of sp³-hybridized carbons (Fsp3) is 0.579. The van der Waals surface area contributed by atoms with E-state index in [0.29, 0.717) is 19.5 Å². The van der Waals surface area contributed by atoms with Crippen molar-refractivity contribution < 1.29 is 9.59 Å². The lowest BCUT2D eigenvalue weighted by Crippen LogP contribution is -2.41. The number of amides is 2. The Hall–Kier alpha value is -1.88. The molecular weight excluding hydrogens is 302 g/mol. The zero-order chi connectivity index (χ0) is 16.9. The van der Waals surface area contributed by atoms with Crippen molar-refractivity contribution in [2.75, 3.05) is 26.7 Å². The largest absolute Gasteiger partial charge is 0.352 e. The maximum absolute atomic E-state index is 12.3. The van der Waals surface area contributed by atoms with Crippen molar-refractivity contribution in [1.29, 1.82) is 0 Å². The van der Waals surface area contributed by atoms with Gasteiger partial charge in [-0.3, -0.25) is 9.59 Å². The van der Waals surface area contributed by atoms with Crippen molar-refractivity contribution in [2.24, 2.45) is 5.92 Å². The van der Waals surface area contributed by atoms with Crippen molar-refractivity contribution in [2.45, 2.75) is 38.8 Å². The van der Waals surface area contributed by atoms with E-state index in [-0.39, 0.29) is 17.7 Å². The molecule has 2 heterocycles. The second kappa shape index (κ2) is 7.79. The van der Waals surface area contributed by atoms with E-state index < -0.39 is 0 Å². The van der Waals surface area contributed by atoms with Gasteiger partial charge in [-0.1, -0.05) is 24.3 Å². The van der Waals surface area contributed by atoms with E-state index >= 15 is 0 Å². The Balaban J connectivity index is 1.52. The quantitative estimate of drug-likeness (QED) is 0.896. The molecule has 1 aromatic rings. The predicted molar refractivity (Wildman–Crippen MR) is 93.2 cm³/mol. The fourth-order valence-corrected chi connectivity index (χ4v) is 3.64. The summed E-state index contributed by atoms with van der Waals surface area (Å²) in [7, 11) is 2.07. The molecule has 2 fully saturated rings. The molecule has 3 rings (SSSR count). The monoisotopic (exact) mass is 329 g/mol. The normalized spacial score (nSPS) is 22.0. The third-order valence-electron chi connectivity index (χ3n) is 5.00. The molecule has 2 aliphatic rings. The molecule has 5 heteroatoms. The van der Waals surface area contributed by atoms with Crippen molar-refractivity contribution in [3.63, 3.8) is 0 Å². The number of hydrogen-bond acceptors (Lipinski definition) is 3. The molecule has 1 N–H and O–H groups in total. The Kier molecular flexibility index (Phi) is 5.51. The summed E-state index contributed by atoms with van der Waals surface area (Å²) >= 11 is 0. The van der Waals surface area contributed by atoms with Gasteiger partial charge in [-0.2, -0.15) is 0 Å². The fourth-order valence-electron chi connectivity index (χ4n) is 3.64. The van der Waals surface area contributed by atoms with Crippen LogP contribution in [0.3, 0.4) is 0 Å². The van der Waals surface area contributed by atoms with Gasteiger partial charge in [0.2, 0.25) is 11.8 Å². The van der Waals surface area contributed by atoms with Crippen LogP contribution in [0.5, 0.6) is 0 Å². The number of hydrogen-bond donors (Lipinski definition) is 1. The maximum Gasteiger partial charge on any atom is 0.224 e. The lowest BCUT2D eigenvalue weighted by molar-refractivity contribution is -0.128. The Morgan fingerprint density at radius 2 is 2.08 bits per heavy atom. The molecule has 24 heavy (non-hydrogen) atoms. The summed E-state index contributed by atoms with van der Waals surface area (Å²) in [6.45, 7) is 4.02. The Morgan fingerprint density at radius 3 is 2.83 bits per heavy atom. The number of piperidine rings is 1. The van der Waals surface area contributed by atoms with Gasteiger partial charge < -0.3 is 15.1 Å². The zero-order valence-corrected chi connectivity index (χ0v) is 14.5. The molecule has 1 aromatic carbocycles. The molecule has 0 unspecified atom stereocenters. The minimum absolute atomic E-state index is 0.106. The molecule has 0 saturated carbocycles. The highest BCUT2D eigenvalue weighted by Crippen LogP contribution is 2.17. The van der Waals surface area contributed by atoms with E-state index in [1.807, 2.05) is 23.1 Å². The number of rotatable bonds is 5. The van der Waals surface area contributed by atoms with Crippen LogP contribution in [0.1, 0.15) is 36.8 Å². The number of nitrogens with one attached hydrogen (secondary N) is 1. The van der Waals surface area contributed by atoms with Gasteiger partial charge in [-0.25, -0.2) is 0 Å². The second-order valence-corrected chi connectivity index (χ2v) is 7.06. The molecule has 0 bridgehead atoms. The van der Waals surface area contributed by atoms with Gasteiger partial charge in [0, 0.05) is 32.6 Å². The highest BCUT2D eigenvalue weighted by atomic mass is 16.2. The lowest BCUT2D eigenvalue weighted by atomic mass is 9.97. The minimum Gasteiger partial charge on any atom is -0.352 e. The molecule has 1 atom stereocenters. The molecule has 2 amide bonds. The summed E-state index contributed by atoms with van der Waals surface area (Å²) in [5.74, 6) is 0.506. The predicted octanol–water partition coefficient (Wildman–Crippen LogP) is 1.77. The van der Waals surface area contributed by atoms with E-state index in [4.69, 9.17) is 0 Å². The number of likely N-dealkylation sites (tertiary alicyclic amines) is 2. The number of benzene rings is 1. The first kappa shape index (κ1) is 17.0. The van der Waals surface area contributed by atoms with Crippen LogP contribution >= 0.6 is 0 Å². The topological polar surface area (TPSA) is 52.7 Å². The van der Waals surface area contributed by atoms with Crippen LogP contribution < -0.4 is 5.32 Å². The van der Waals surface area contributed by atoms with Gasteiger partial charge in [0.05, 0.1) is 5.92 Å². The van der Waals surface area contributed by atoms with Gasteiger partial charge in [0.1, 0.15) is 0 Å². The molecular formula is C19H27N3O2. The molecule has 2 saturated heterocycles. The summed E-state index contributed by atoms with van der Waals surface area (Å²) in [4.78, 5) is 28.2. The van der Waals surface area contributed by atoms with Crippen LogP contribution in [0.15, 0.2) is 24.3 Å². The van der Waals surface area contributed by atoms with Crippen molar-refractivity contribution >= 4 is 11.8 Å². The average molecular weight is 329 g/mol. The van der Waals surface area contributed by atoms with Crippen molar-refractivity contribution in [3.8, 4) is 0 Å². The first-order valence-electron chi connectivity index (χ1n) is 8.93. The maximum atomic E-state index is 12.3. The van der Waals surface area contributed by atoms with Crippen LogP contribution in [-0.2, 0) is 22.7 Å². The van der Waals surface area contributed by atoms with E-state index in [2.05, 4.69) is 23.3 Å². The Labute approximate surface area is 144 Å². The molecule has 2 aliphatic heterocycles. The molecule has 5 nitrogen and oxygen atoms in total. The van der Waals surface area contributed by atoms with Crippen LogP contribution in [-0.4, -0.2) is 48.3 Å². The molecule has 0 aliphatic carbocycles. The van der Waals surface area contributed by atoms with E-state index in [0.717, 1.165) is 50.0 Å². The standard InChI is InChI=1S/C19H27N3O2/c1-21-9-3-7-17(14-21)19(24)20-12-15-5-2-6-16(11-15)13-22-10-4-8-18(22)23/h2,5-6,11,17H,3-4,7-10,12-14H2,1H3,(H,20,24)/t17-/m1/s1. The smallest absolute Gasteiger partial charge is 0.224 e. The molecule has 0 radical (unpaired) electrons. The number of nitrogens with zero attached hydrogens (tertiary/aromatic N) is 2. The molecule has 0 aromatic heterocycles. The number of carbonyl (C=O) groups excluding carboxylic acids is 2. The SMILES string of the molecule is CN1CCC[C@@H](C(=O)NCc2cccc(CN3CCCC3=O)c2)C1. The van der Waals surface area contributed by atoms with Gasteiger partial charge in [0.25, 0.3) is 0 Å². The highest BCUT2D eigenvalue weighted by molar-refractivity contribution is 5.79. The van der Waals surface area contributed by atoms with Gasteiger partial charge in [0.15, 0.2) is 0 Å². The zero-order valence-electron chi connectivity index (χ0n) is 14.5. The summed E-state index contributed by atoms with van der Waals surface area (Å²) in [5.41, 5.74) is 2.23. The minimum atomic E-state index is 0.106. The van der Waals surface area contributed by atoms with Gasteiger partial charge in [-0.15, -0.1) is 0 Å². The van der Waals surface area contributed by atoms with Gasteiger partial charge >= 0.3 is 0 Å². The van der Waals surface area contributed by atoms with Crippen LogP contribution in [0.4, 0.5) is 0 Å². The lowest BCUT2D eigenvalue weighted by Gasteiger charge is -2.28. The first-order chi connectivity index (χ1) is 11.6. The van der Waals surface area contributed by atoms with Crippen molar-refractivity contribution in [3.05, 3.63) is 35.4 Å². The first-order valence-corrected chi connectivity index (χ1v) is 8.93. The van der Waals surface area contributed by atoms with Crippen LogP contribution in [0, 0.1) is 5.92 Å². The summed E-state index contributed by atoms with van der Waals surface area (Å²) in [5, 5.41) is 3.07. The van der Waals surface area contributed by atoms with E-state index in [1.165, 1.54) is 0 Å². The van der Waals surface area contributed by atoms with Crippen LogP contribution in [0.25, 0.3) is 0 Å². The summed E-state index contributed by atoms with van der Waals surface area (Å²) in [6, 6.07) is 8.18. The average Bonchev–Trinajstić information content (AvgIpc) is 2.98. The van der Waals surface area contributed by atoms with Gasteiger partial charge in [-0.05, 0) is 44.0 Å². The van der Waals surface area contributed by atoms with Crippen LogP contribution in [0.2, 0.25) is 0 Å². The van der Waals surface area contributed by atoms with E-state index in [9.17, 15) is 9.59 Å². The Bertz CT molecular complexity index is 602. The highest BCUT2D eigenvalue weighted by Gasteiger charge is 2.23. The van der Waals surface area contributed by atoms with Crippen molar-refractivity contribution in [1.82, 2.24) is 15.1 Å². The molecule has 130 valence electrons. The summed E-state index contributed by atoms with van der Waals surface area (Å²) < 4.78 is 0. The number of carbonyl (C=O) groups is 2. The third kappa shape index (κ3) is 4.35.